The van der Waals surface area contributed by atoms with Gasteiger partial charge in [0.05, 0.1) is 5.02 Å². The fourth-order valence-corrected chi connectivity index (χ4v) is 2.13. The highest BCUT2D eigenvalue weighted by atomic mass is 35.5. The van der Waals surface area contributed by atoms with Crippen molar-refractivity contribution in [3.05, 3.63) is 34.6 Å². The van der Waals surface area contributed by atoms with Gasteiger partial charge in [-0.25, -0.2) is 4.39 Å². The molecule has 1 atom stereocenters. The Morgan fingerprint density at radius 3 is 2.50 bits per heavy atom. The molecule has 3 nitrogen and oxygen atoms in total. The van der Waals surface area contributed by atoms with E-state index in [0.717, 1.165) is 5.56 Å². The van der Waals surface area contributed by atoms with Gasteiger partial charge in [0.1, 0.15) is 11.9 Å². The van der Waals surface area contributed by atoms with Crippen LogP contribution in [0.5, 0.6) is 0 Å². The van der Waals surface area contributed by atoms with E-state index < -0.39 is 17.8 Å². The van der Waals surface area contributed by atoms with E-state index in [1.165, 1.54) is 12.1 Å². The quantitative estimate of drug-likeness (QED) is 0.866. The second-order valence-electron chi connectivity index (χ2n) is 4.03. The first-order valence-corrected chi connectivity index (χ1v) is 6.28. The number of halogens is 2. The Morgan fingerprint density at radius 2 is 2.06 bits per heavy atom. The number of hydrogen-bond acceptors (Lipinski definition) is 2. The number of rotatable bonds is 6. The third-order valence-electron chi connectivity index (χ3n) is 2.95. The molecule has 0 fully saturated rings. The second-order valence-corrected chi connectivity index (χ2v) is 4.44. The van der Waals surface area contributed by atoms with E-state index in [2.05, 4.69) is 0 Å². The summed E-state index contributed by atoms with van der Waals surface area (Å²) in [7, 11) is 0. The van der Waals surface area contributed by atoms with E-state index in [4.69, 9.17) is 11.6 Å². The molecule has 1 rings (SSSR count). The normalized spacial score (nSPS) is 12.7. The lowest BCUT2D eigenvalue weighted by atomic mass is 10.0. The summed E-state index contributed by atoms with van der Waals surface area (Å²) in [6, 6.07) is 3.71. The van der Waals surface area contributed by atoms with Crippen molar-refractivity contribution in [1.82, 2.24) is 4.90 Å². The third-order valence-corrected chi connectivity index (χ3v) is 3.24. The van der Waals surface area contributed by atoms with Gasteiger partial charge in [-0.15, -0.1) is 0 Å². The summed E-state index contributed by atoms with van der Waals surface area (Å²) in [5.41, 5.74) is 0.723. The van der Waals surface area contributed by atoms with Crippen LogP contribution in [-0.4, -0.2) is 35.1 Å². The molecule has 18 heavy (non-hydrogen) atoms. The Kier molecular flexibility index (Phi) is 5.56. The van der Waals surface area contributed by atoms with Crippen LogP contribution in [0.2, 0.25) is 5.02 Å². The van der Waals surface area contributed by atoms with Crippen molar-refractivity contribution < 1.29 is 14.3 Å². The molecule has 0 aliphatic heterocycles. The molecule has 0 heterocycles. The molecule has 0 radical (unpaired) electrons. The minimum Gasteiger partial charge on any atom is -0.480 e. The van der Waals surface area contributed by atoms with Crippen LogP contribution in [0.15, 0.2) is 18.2 Å². The van der Waals surface area contributed by atoms with Crippen molar-refractivity contribution in [3.63, 3.8) is 0 Å². The van der Waals surface area contributed by atoms with Gasteiger partial charge in [-0.2, -0.15) is 0 Å². The standard InChI is InChI=1S/C13H17ClFNO2/c1-3-16(4-2)12(13(17)18)8-9-5-6-11(15)10(14)7-9/h5-7,12H,3-4,8H2,1-2H3,(H,17,18). The Hall–Kier alpha value is -1.13. The van der Waals surface area contributed by atoms with E-state index in [9.17, 15) is 14.3 Å². The largest absolute Gasteiger partial charge is 0.480 e. The molecule has 1 N–H and O–H groups in total. The molecular formula is C13H17ClFNO2. The number of carboxylic acid groups (broad SMARTS) is 1. The Balaban J connectivity index is 2.89. The van der Waals surface area contributed by atoms with E-state index >= 15 is 0 Å². The molecule has 1 aromatic rings. The van der Waals surface area contributed by atoms with Crippen LogP contribution in [0.3, 0.4) is 0 Å². The minimum absolute atomic E-state index is 0.0242. The van der Waals surface area contributed by atoms with Gasteiger partial charge in [-0.05, 0) is 37.2 Å². The molecule has 0 spiro atoms. The molecule has 0 bridgehead atoms. The fourth-order valence-electron chi connectivity index (χ4n) is 1.93. The number of hydrogen-bond donors (Lipinski definition) is 1. The maximum Gasteiger partial charge on any atom is 0.321 e. The maximum atomic E-state index is 13.0. The van der Waals surface area contributed by atoms with Crippen molar-refractivity contribution in [3.8, 4) is 0 Å². The van der Waals surface area contributed by atoms with Crippen molar-refractivity contribution in [2.75, 3.05) is 13.1 Å². The summed E-state index contributed by atoms with van der Waals surface area (Å²) < 4.78 is 13.0. The van der Waals surface area contributed by atoms with Crippen LogP contribution in [0, 0.1) is 5.82 Å². The Labute approximate surface area is 111 Å². The first-order chi connectivity index (χ1) is 8.49. The number of aliphatic carboxylic acids is 1. The van der Waals surface area contributed by atoms with E-state index in [-0.39, 0.29) is 5.02 Å². The highest BCUT2D eigenvalue weighted by Crippen LogP contribution is 2.18. The third kappa shape index (κ3) is 3.68. The zero-order chi connectivity index (χ0) is 13.7. The van der Waals surface area contributed by atoms with Gasteiger partial charge in [0, 0.05) is 0 Å². The maximum absolute atomic E-state index is 13.0. The van der Waals surface area contributed by atoms with E-state index in [1.807, 2.05) is 18.7 Å². The monoisotopic (exact) mass is 273 g/mol. The van der Waals surface area contributed by atoms with Crippen LogP contribution in [-0.2, 0) is 11.2 Å². The summed E-state index contributed by atoms with van der Waals surface area (Å²) in [6.45, 7) is 5.14. The molecule has 0 aromatic heterocycles. The molecule has 0 aliphatic rings. The molecule has 0 aliphatic carbocycles. The number of nitrogens with zero attached hydrogens (tertiary/aromatic N) is 1. The zero-order valence-corrected chi connectivity index (χ0v) is 11.2. The van der Waals surface area contributed by atoms with Crippen molar-refractivity contribution in [1.29, 1.82) is 0 Å². The Morgan fingerprint density at radius 1 is 1.44 bits per heavy atom. The predicted octanol–water partition coefficient (Wildman–Crippen LogP) is 2.82. The smallest absolute Gasteiger partial charge is 0.321 e. The van der Waals surface area contributed by atoms with Crippen LogP contribution in [0.1, 0.15) is 19.4 Å². The van der Waals surface area contributed by atoms with Crippen LogP contribution in [0.4, 0.5) is 4.39 Å². The Bertz CT molecular complexity index is 421. The van der Waals surface area contributed by atoms with Gasteiger partial charge in [0.15, 0.2) is 0 Å². The summed E-state index contributed by atoms with van der Waals surface area (Å²) >= 11 is 5.69. The van der Waals surface area contributed by atoms with Crippen LogP contribution < -0.4 is 0 Å². The average Bonchev–Trinajstić information content (AvgIpc) is 2.33. The topological polar surface area (TPSA) is 40.5 Å². The molecule has 0 amide bonds. The molecular weight excluding hydrogens is 257 g/mol. The van der Waals surface area contributed by atoms with Crippen molar-refractivity contribution >= 4 is 17.6 Å². The molecule has 0 saturated heterocycles. The van der Waals surface area contributed by atoms with Gasteiger partial charge >= 0.3 is 5.97 Å². The van der Waals surface area contributed by atoms with E-state index in [1.54, 1.807) is 6.07 Å². The lowest BCUT2D eigenvalue weighted by Crippen LogP contribution is -2.42. The lowest BCUT2D eigenvalue weighted by molar-refractivity contribution is -0.143. The number of carboxylic acids is 1. The average molecular weight is 274 g/mol. The van der Waals surface area contributed by atoms with Crippen molar-refractivity contribution in [2.45, 2.75) is 26.3 Å². The molecule has 5 heteroatoms. The van der Waals surface area contributed by atoms with E-state index in [0.29, 0.717) is 19.5 Å². The van der Waals surface area contributed by atoms with Crippen LogP contribution in [0.25, 0.3) is 0 Å². The summed E-state index contributed by atoms with van der Waals surface area (Å²) in [5.74, 6) is -1.37. The zero-order valence-electron chi connectivity index (χ0n) is 10.5. The van der Waals surface area contributed by atoms with Gasteiger partial charge < -0.3 is 5.11 Å². The summed E-state index contributed by atoms with van der Waals surface area (Å²) in [6.07, 6.45) is 0.316. The van der Waals surface area contributed by atoms with Gasteiger partial charge in [0.2, 0.25) is 0 Å². The lowest BCUT2D eigenvalue weighted by Gasteiger charge is -2.26. The van der Waals surface area contributed by atoms with Crippen LogP contribution >= 0.6 is 11.6 Å². The molecule has 0 saturated carbocycles. The second kappa shape index (κ2) is 6.71. The van der Waals surface area contributed by atoms with Gasteiger partial charge in [-0.3, -0.25) is 9.69 Å². The summed E-state index contributed by atoms with van der Waals surface area (Å²) in [4.78, 5) is 13.1. The van der Waals surface area contributed by atoms with Gasteiger partial charge in [-0.1, -0.05) is 31.5 Å². The molecule has 100 valence electrons. The first kappa shape index (κ1) is 14.9. The van der Waals surface area contributed by atoms with Crippen molar-refractivity contribution in [2.24, 2.45) is 0 Å². The highest BCUT2D eigenvalue weighted by molar-refractivity contribution is 6.30. The summed E-state index contributed by atoms with van der Waals surface area (Å²) in [5, 5.41) is 9.27. The first-order valence-electron chi connectivity index (χ1n) is 5.90. The minimum atomic E-state index is -0.876. The molecule has 1 unspecified atom stereocenters. The SMILES string of the molecule is CCN(CC)C(Cc1ccc(F)c(Cl)c1)C(=O)O. The number of carbonyl (C=O) groups is 1. The fraction of sp³-hybridized carbons (Fsp3) is 0.462. The number of likely N-dealkylation sites (N-methyl/N-ethyl adjacent to an activating group) is 1. The molecule has 1 aromatic carbocycles. The van der Waals surface area contributed by atoms with Gasteiger partial charge in [0.25, 0.3) is 0 Å². The highest BCUT2D eigenvalue weighted by Gasteiger charge is 2.23. The predicted molar refractivity (Wildman–Crippen MR) is 69.5 cm³/mol. The number of benzene rings is 1.